The Morgan fingerprint density at radius 2 is 1.81 bits per heavy atom. The lowest BCUT2D eigenvalue weighted by Gasteiger charge is -2.25. The van der Waals surface area contributed by atoms with Crippen LogP contribution in [0.15, 0.2) is 18.2 Å². The smallest absolute Gasteiger partial charge is 0.253 e. The lowest BCUT2D eigenvalue weighted by molar-refractivity contribution is -0.135. The molecule has 1 aliphatic heterocycles. The number of amides is 2. The van der Waals surface area contributed by atoms with Crippen LogP contribution in [0.5, 0.6) is 0 Å². The van der Waals surface area contributed by atoms with Gasteiger partial charge in [0, 0.05) is 37.7 Å². The highest BCUT2D eigenvalue weighted by molar-refractivity contribution is 5.97. The number of rotatable bonds is 4. The molecule has 1 aromatic heterocycles. The second-order valence-electron chi connectivity index (χ2n) is 7.04. The molecule has 2 amide bonds. The minimum atomic E-state index is 0.0241. The Balaban J connectivity index is 1.69. The summed E-state index contributed by atoms with van der Waals surface area (Å²) < 4.78 is 0. The van der Waals surface area contributed by atoms with Crippen LogP contribution in [0.1, 0.15) is 49.3 Å². The summed E-state index contributed by atoms with van der Waals surface area (Å²) in [6, 6.07) is 5.59. The van der Waals surface area contributed by atoms with Gasteiger partial charge in [-0.1, -0.05) is 13.8 Å². The van der Waals surface area contributed by atoms with Crippen LogP contribution in [0.4, 0.5) is 0 Å². The molecule has 0 aliphatic carbocycles. The van der Waals surface area contributed by atoms with Crippen molar-refractivity contribution in [2.24, 2.45) is 5.92 Å². The maximum absolute atomic E-state index is 12.9. The quantitative estimate of drug-likeness (QED) is 0.916. The van der Waals surface area contributed by atoms with Crippen molar-refractivity contribution in [3.63, 3.8) is 0 Å². The minimum absolute atomic E-state index is 0.0241. The van der Waals surface area contributed by atoms with Crippen molar-refractivity contribution in [3.05, 3.63) is 29.6 Å². The first kappa shape index (κ1) is 18.4. The molecule has 0 spiro atoms. The Kier molecular flexibility index (Phi) is 5.59. The fraction of sp³-hybridized carbons (Fsp3) is 0.550. The number of fused-ring (bicyclic) bond motifs is 1. The van der Waals surface area contributed by atoms with Gasteiger partial charge in [-0.3, -0.25) is 9.59 Å². The Hall–Kier alpha value is -2.37. The van der Waals surface area contributed by atoms with E-state index in [4.69, 9.17) is 0 Å². The van der Waals surface area contributed by atoms with Gasteiger partial charge in [-0.2, -0.15) is 0 Å². The summed E-state index contributed by atoms with van der Waals surface area (Å²) in [6.07, 6.45) is 2.57. The zero-order valence-electron chi connectivity index (χ0n) is 15.9. The normalized spacial score (nSPS) is 15.5. The summed E-state index contributed by atoms with van der Waals surface area (Å²) in [5, 5.41) is 0. The number of H-pyrrole nitrogens is 1. The van der Waals surface area contributed by atoms with Gasteiger partial charge in [0.15, 0.2) is 0 Å². The Morgan fingerprint density at radius 3 is 2.54 bits per heavy atom. The average molecular weight is 356 g/mol. The van der Waals surface area contributed by atoms with Gasteiger partial charge in [0.25, 0.3) is 5.91 Å². The summed E-state index contributed by atoms with van der Waals surface area (Å²) in [6.45, 7) is 8.66. The SMILES string of the molecule is CCC(CC)C(=O)N1CCCN(C(=O)c2ccc3nc(C)[nH]c3c2)CC1. The second-order valence-corrected chi connectivity index (χ2v) is 7.04. The molecule has 1 aliphatic rings. The van der Waals surface area contributed by atoms with Crippen molar-refractivity contribution in [2.75, 3.05) is 26.2 Å². The summed E-state index contributed by atoms with van der Waals surface area (Å²) in [7, 11) is 0. The number of carbonyl (C=O) groups is 2. The molecule has 0 saturated carbocycles. The number of aromatic amines is 1. The molecule has 1 aromatic carbocycles. The highest BCUT2D eigenvalue weighted by atomic mass is 16.2. The molecule has 140 valence electrons. The number of nitrogens with zero attached hydrogens (tertiary/aromatic N) is 3. The topological polar surface area (TPSA) is 69.3 Å². The van der Waals surface area contributed by atoms with Gasteiger partial charge in [0.05, 0.1) is 11.0 Å². The van der Waals surface area contributed by atoms with E-state index in [1.54, 1.807) is 0 Å². The first-order valence-corrected chi connectivity index (χ1v) is 9.58. The maximum Gasteiger partial charge on any atom is 0.253 e. The first-order valence-electron chi connectivity index (χ1n) is 9.58. The van der Waals surface area contributed by atoms with Crippen LogP contribution in [0.3, 0.4) is 0 Å². The molecule has 2 aromatic rings. The number of imidazole rings is 1. The zero-order chi connectivity index (χ0) is 18.7. The monoisotopic (exact) mass is 356 g/mol. The number of nitrogens with one attached hydrogen (secondary N) is 1. The zero-order valence-corrected chi connectivity index (χ0v) is 15.9. The number of hydrogen-bond donors (Lipinski definition) is 1. The van der Waals surface area contributed by atoms with E-state index in [1.807, 2.05) is 34.9 Å². The Morgan fingerprint density at radius 1 is 1.12 bits per heavy atom. The van der Waals surface area contributed by atoms with Crippen molar-refractivity contribution in [1.82, 2.24) is 19.8 Å². The van der Waals surface area contributed by atoms with Crippen LogP contribution in [0, 0.1) is 12.8 Å². The van der Waals surface area contributed by atoms with E-state index in [2.05, 4.69) is 23.8 Å². The Labute approximate surface area is 154 Å². The van der Waals surface area contributed by atoms with Gasteiger partial charge >= 0.3 is 0 Å². The molecule has 1 fully saturated rings. The lowest BCUT2D eigenvalue weighted by atomic mass is 10.0. The van der Waals surface area contributed by atoms with E-state index in [0.717, 1.165) is 42.7 Å². The molecular formula is C20H28N4O2. The van der Waals surface area contributed by atoms with Gasteiger partial charge in [-0.15, -0.1) is 0 Å². The average Bonchev–Trinajstić information content (AvgIpc) is 2.85. The summed E-state index contributed by atoms with van der Waals surface area (Å²) >= 11 is 0. The maximum atomic E-state index is 12.9. The number of aromatic nitrogens is 2. The van der Waals surface area contributed by atoms with Crippen molar-refractivity contribution in [1.29, 1.82) is 0 Å². The third kappa shape index (κ3) is 3.74. The van der Waals surface area contributed by atoms with E-state index in [-0.39, 0.29) is 17.7 Å². The molecule has 1 N–H and O–H groups in total. The van der Waals surface area contributed by atoms with Crippen LogP contribution in [0.2, 0.25) is 0 Å². The van der Waals surface area contributed by atoms with E-state index >= 15 is 0 Å². The minimum Gasteiger partial charge on any atom is -0.342 e. The van der Waals surface area contributed by atoms with E-state index in [0.29, 0.717) is 25.2 Å². The van der Waals surface area contributed by atoms with Gasteiger partial charge in [-0.05, 0) is 44.4 Å². The van der Waals surface area contributed by atoms with Gasteiger partial charge in [-0.25, -0.2) is 4.98 Å². The molecule has 1 saturated heterocycles. The number of hydrogen-bond acceptors (Lipinski definition) is 3. The van der Waals surface area contributed by atoms with Crippen LogP contribution >= 0.6 is 0 Å². The predicted molar refractivity (Wildman–Crippen MR) is 102 cm³/mol. The molecule has 2 heterocycles. The highest BCUT2D eigenvalue weighted by Gasteiger charge is 2.26. The third-order valence-corrected chi connectivity index (χ3v) is 5.28. The molecule has 6 heteroatoms. The first-order chi connectivity index (χ1) is 12.5. The summed E-state index contributed by atoms with van der Waals surface area (Å²) in [5.74, 6) is 1.20. The standard InChI is InChI=1S/C20H28N4O2/c1-4-15(5-2)19(25)23-9-6-10-24(12-11-23)20(26)16-7-8-17-18(13-16)22-14(3)21-17/h7-8,13,15H,4-6,9-12H2,1-3H3,(H,21,22). The second kappa shape index (κ2) is 7.89. The fourth-order valence-corrected chi connectivity index (χ4v) is 3.69. The van der Waals surface area contributed by atoms with Crippen LogP contribution in [-0.4, -0.2) is 57.8 Å². The molecule has 3 rings (SSSR count). The fourth-order valence-electron chi connectivity index (χ4n) is 3.69. The van der Waals surface area contributed by atoms with Crippen molar-refractivity contribution < 1.29 is 9.59 Å². The Bertz CT molecular complexity index is 794. The van der Waals surface area contributed by atoms with Crippen molar-refractivity contribution in [2.45, 2.75) is 40.0 Å². The van der Waals surface area contributed by atoms with Crippen LogP contribution < -0.4 is 0 Å². The highest BCUT2D eigenvalue weighted by Crippen LogP contribution is 2.18. The van der Waals surface area contributed by atoms with E-state index < -0.39 is 0 Å². The van der Waals surface area contributed by atoms with Crippen LogP contribution in [0.25, 0.3) is 11.0 Å². The molecule has 0 radical (unpaired) electrons. The van der Waals surface area contributed by atoms with E-state index in [9.17, 15) is 9.59 Å². The summed E-state index contributed by atoms with van der Waals surface area (Å²) in [4.78, 5) is 36.9. The van der Waals surface area contributed by atoms with E-state index in [1.165, 1.54) is 0 Å². The third-order valence-electron chi connectivity index (χ3n) is 5.28. The number of carbonyl (C=O) groups excluding carboxylic acids is 2. The number of benzene rings is 1. The van der Waals surface area contributed by atoms with Gasteiger partial charge in [0.1, 0.15) is 5.82 Å². The van der Waals surface area contributed by atoms with Gasteiger partial charge in [0.2, 0.25) is 5.91 Å². The molecule has 26 heavy (non-hydrogen) atoms. The molecule has 6 nitrogen and oxygen atoms in total. The largest absolute Gasteiger partial charge is 0.342 e. The van der Waals surface area contributed by atoms with Crippen molar-refractivity contribution >= 4 is 22.8 Å². The summed E-state index contributed by atoms with van der Waals surface area (Å²) in [5.41, 5.74) is 2.42. The molecular weight excluding hydrogens is 328 g/mol. The van der Waals surface area contributed by atoms with Gasteiger partial charge < -0.3 is 14.8 Å². The molecule has 0 atom stereocenters. The predicted octanol–water partition coefficient (Wildman–Crippen LogP) is 2.98. The van der Waals surface area contributed by atoms with Crippen LogP contribution in [-0.2, 0) is 4.79 Å². The lowest BCUT2D eigenvalue weighted by Crippen LogP contribution is -2.39. The number of aryl methyl sites for hydroxylation is 1. The molecule has 0 unspecified atom stereocenters. The molecule has 0 bridgehead atoms. The van der Waals surface area contributed by atoms with Crippen molar-refractivity contribution in [3.8, 4) is 0 Å².